The van der Waals surface area contributed by atoms with Crippen LogP contribution in [0.2, 0.25) is 0 Å². The van der Waals surface area contributed by atoms with Crippen molar-refractivity contribution in [2.24, 2.45) is 0 Å². The molecule has 2 heterocycles. The second-order valence-corrected chi connectivity index (χ2v) is 4.76. The summed E-state index contributed by atoms with van der Waals surface area (Å²) in [5.74, 6) is 2.95. The molecule has 1 saturated heterocycles. The van der Waals surface area contributed by atoms with Crippen LogP contribution in [0.4, 0.5) is 0 Å². The summed E-state index contributed by atoms with van der Waals surface area (Å²) in [5, 5.41) is 10.7. The summed E-state index contributed by atoms with van der Waals surface area (Å²) in [4.78, 5) is 4.57. The van der Waals surface area contributed by atoms with E-state index in [0.717, 1.165) is 24.4 Å². The summed E-state index contributed by atoms with van der Waals surface area (Å²) in [6, 6.07) is 5.96. The molecule has 1 unspecified atom stereocenters. The lowest BCUT2D eigenvalue weighted by Crippen LogP contribution is -2.14. The SMILES string of the molecule is COc1ccc(-c2n[nH]c(C3CCCN3)n2)cc1OC. The molecule has 0 saturated carbocycles. The molecule has 1 atom stereocenters. The van der Waals surface area contributed by atoms with Gasteiger partial charge in [-0.25, -0.2) is 4.98 Å². The van der Waals surface area contributed by atoms with Crippen LogP contribution in [0, 0.1) is 0 Å². The normalized spacial score (nSPS) is 18.2. The zero-order chi connectivity index (χ0) is 13.9. The molecule has 0 aliphatic carbocycles. The Bertz CT molecular complexity index is 591. The van der Waals surface area contributed by atoms with Gasteiger partial charge in [0.2, 0.25) is 0 Å². The second-order valence-electron chi connectivity index (χ2n) is 4.76. The topological polar surface area (TPSA) is 72.1 Å². The summed E-state index contributed by atoms with van der Waals surface area (Å²) >= 11 is 0. The highest BCUT2D eigenvalue weighted by Crippen LogP contribution is 2.31. The molecule has 2 aromatic rings. The van der Waals surface area contributed by atoms with Gasteiger partial charge in [-0.2, -0.15) is 5.10 Å². The first-order chi connectivity index (χ1) is 9.81. The van der Waals surface area contributed by atoms with Crippen molar-refractivity contribution in [3.63, 3.8) is 0 Å². The smallest absolute Gasteiger partial charge is 0.181 e. The first kappa shape index (κ1) is 12.9. The van der Waals surface area contributed by atoms with Crippen LogP contribution in [0.15, 0.2) is 18.2 Å². The molecule has 1 aromatic heterocycles. The average Bonchev–Trinajstić information content (AvgIpc) is 3.16. The van der Waals surface area contributed by atoms with Crippen LogP contribution in [0.5, 0.6) is 11.5 Å². The van der Waals surface area contributed by atoms with E-state index in [1.165, 1.54) is 6.42 Å². The van der Waals surface area contributed by atoms with Crippen LogP contribution in [0.3, 0.4) is 0 Å². The number of nitrogens with one attached hydrogen (secondary N) is 2. The Hall–Kier alpha value is -2.08. The third kappa shape index (κ3) is 2.34. The quantitative estimate of drug-likeness (QED) is 0.891. The van der Waals surface area contributed by atoms with Crippen molar-refractivity contribution in [3.8, 4) is 22.9 Å². The molecule has 6 heteroatoms. The molecule has 1 aliphatic rings. The van der Waals surface area contributed by atoms with Crippen LogP contribution in [-0.2, 0) is 0 Å². The van der Waals surface area contributed by atoms with Gasteiger partial charge in [0.1, 0.15) is 5.82 Å². The van der Waals surface area contributed by atoms with E-state index in [-0.39, 0.29) is 6.04 Å². The van der Waals surface area contributed by atoms with Crippen molar-refractivity contribution in [3.05, 3.63) is 24.0 Å². The molecule has 0 bridgehead atoms. The number of ether oxygens (including phenoxy) is 2. The number of methoxy groups -OCH3 is 2. The fourth-order valence-corrected chi connectivity index (χ4v) is 2.45. The van der Waals surface area contributed by atoms with Crippen molar-refractivity contribution in [2.45, 2.75) is 18.9 Å². The Labute approximate surface area is 117 Å². The van der Waals surface area contributed by atoms with Gasteiger partial charge in [-0.05, 0) is 37.6 Å². The van der Waals surface area contributed by atoms with Crippen LogP contribution >= 0.6 is 0 Å². The minimum atomic E-state index is 0.288. The highest BCUT2D eigenvalue weighted by molar-refractivity contribution is 5.60. The summed E-state index contributed by atoms with van der Waals surface area (Å²) in [6.07, 6.45) is 2.28. The van der Waals surface area contributed by atoms with Gasteiger partial charge in [0.05, 0.1) is 20.3 Å². The molecule has 0 spiro atoms. The molecular weight excluding hydrogens is 256 g/mol. The Morgan fingerprint density at radius 3 is 2.75 bits per heavy atom. The lowest BCUT2D eigenvalue weighted by Gasteiger charge is -2.08. The standard InChI is InChI=1S/C14H18N4O2/c1-19-11-6-5-9(8-12(11)20-2)13-16-14(18-17-13)10-4-3-7-15-10/h5-6,8,10,15H,3-4,7H2,1-2H3,(H,16,17,18). The number of aromatic amines is 1. The van der Waals surface area contributed by atoms with Crippen LogP contribution in [0.25, 0.3) is 11.4 Å². The van der Waals surface area contributed by atoms with E-state index < -0.39 is 0 Å². The van der Waals surface area contributed by atoms with E-state index in [0.29, 0.717) is 17.3 Å². The largest absolute Gasteiger partial charge is 0.493 e. The zero-order valence-corrected chi connectivity index (χ0v) is 11.6. The third-order valence-corrected chi connectivity index (χ3v) is 3.53. The third-order valence-electron chi connectivity index (χ3n) is 3.53. The lowest BCUT2D eigenvalue weighted by molar-refractivity contribution is 0.355. The summed E-state index contributed by atoms with van der Waals surface area (Å²) in [7, 11) is 3.24. The minimum Gasteiger partial charge on any atom is -0.493 e. The molecule has 1 aliphatic heterocycles. The zero-order valence-electron chi connectivity index (χ0n) is 11.6. The van der Waals surface area contributed by atoms with Gasteiger partial charge in [0, 0.05) is 5.56 Å². The van der Waals surface area contributed by atoms with Crippen LogP contribution in [0.1, 0.15) is 24.7 Å². The summed E-state index contributed by atoms with van der Waals surface area (Å²) < 4.78 is 10.5. The summed E-state index contributed by atoms with van der Waals surface area (Å²) in [5.41, 5.74) is 0.906. The number of hydrogen-bond donors (Lipinski definition) is 2. The average molecular weight is 274 g/mol. The van der Waals surface area contributed by atoms with Crippen molar-refractivity contribution in [1.29, 1.82) is 0 Å². The predicted octanol–water partition coefficient (Wildman–Crippen LogP) is 1.91. The number of rotatable bonds is 4. The molecule has 3 rings (SSSR count). The molecular formula is C14H18N4O2. The Kier molecular flexibility index (Phi) is 3.56. The maximum Gasteiger partial charge on any atom is 0.181 e. The maximum atomic E-state index is 5.30. The van der Waals surface area contributed by atoms with E-state index >= 15 is 0 Å². The first-order valence-electron chi connectivity index (χ1n) is 6.70. The van der Waals surface area contributed by atoms with Gasteiger partial charge in [-0.1, -0.05) is 0 Å². The molecule has 20 heavy (non-hydrogen) atoms. The van der Waals surface area contributed by atoms with Crippen molar-refractivity contribution in [2.75, 3.05) is 20.8 Å². The van der Waals surface area contributed by atoms with Crippen LogP contribution in [-0.4, -0.2) is 35.9 Å². The van der Waals surface area contributed by atoms with Crippen LogP contribution < -0.4 is 14.8 Å². The Morgan fingerprint density at radius 1 is 1.20 bits per heavy atom. The number of aromatic nitrogens is 3. The lowest BCUT2D eigenvalue weighted by atomic mass is 10.2. The van der Waals surface area contributed by atoms with Gasteiger partial charge in [-0.3, -0.25) is 5.10 Å². The van der Waals surface area contributed by atoms with E-state index in [1.54, 1.807) is 14.2 Å². The van der Waals surface area contributed by atoms with E-state index in [4.69, 9.17) is 9.47 Å². The molecule has 106 valence electrons. The van der Waals surface area contributed by atoms with Gasteiger partial charge < -0.3 is 14.8 Å². The summed E-state index contributed by atoms with van der Waals surface area (Å²) in [6.45, 7) is 1.04. The van der Waals surface area contributed by atoms with E-state index in [2.05, 4.69) is 20.5 Å². The van der Waals surface area contributed by atoms with Crippen molar-refractivity contribution in [1.82, 2.24) is 20.5 Å². The van der Waals surface area contributed by atoms with E-state index in [1.807, 2.05) is 18.2 Å². The van der Waals surface area contributed by atoms with Gasteiger partial charge in [0.25, 0.3) is 0 Å². The molecule has 1 fully saturated rings. The molecule has 6 nitrogen and oxygen atoms in total. The molecule has 1 aromatic carbocycles. The number of benzene rings is 1. The second kappa shape index (κ2) is 5.50. The fraction of sp³-hybridized carbons (Fsp3) is 0.429. The number of nitrogens with zero attached hydrogens (tertiary/aromatic N) is 2. The maximum absolute atomic E-state index is 5.30. The van der Waals surface area contributed by atoms with Gasteiger partial charge in [0.15, 0.2) is 17.3 Å². The van der Waals surface area contributed by atoms with Crippen molar-refractivity contribution < 1.29 is 9.47 Å². The first-order valence-corrected chi connectivity index (χ1v) is 6.70. The highest BCUT2D eigenvalue weighted by atomic mass is 16.5. The molecule has 0 radical (unpaired) electrons. The van der Waals surface area contributed by atoms with Gasteiger partial charge in [-0.15, -0.1) is 0 Å². The Morgan fingerprint density at radius 2 is 2.05 bits per heavy atom. The van der Waals surface area contributed by atoms with Crippen molar-refractivity contribution >= 4 is 0 Å². The fourth-order valence-electron chi connectivity index (χ4n) is 2.45. The Balaban J connectivity index is 1.88. The molecule has 0 amide bonds. The van der Waals surface area contributed by atoms with E-state index in [9.17, 15) is 0 Å². The monoisotopic (exact) mass is 274 g/mol. The number of hydrogen-bond acceptors (Lipinski definition) is 5. The highest BCUT2D eigenvalue weighted by Gasteiger charge is 2.20. The minimum absolute atomic E-state index is 0.288. The number of H-pyrrole nitrogens is 1. The van der Waals surface area contributed by atoms with Gasteiger partial charge >= 0.3 is 0 Å². The molecule has 2 N–H and O–H groups in total. The predicted molar refractivity (Wildman–Crippen MR) is 74.9 cm³/mol.